The van der Waals surface area contributed by atoms with Gasteiger partial charge in [-0.15, -0.1) is 11.3 Å². The molecule has 0 unspecified atom stereocenters. The number of aryl methyl sites for hydroxylation is 3. The Bertz CT molecular complexity index is 681. The van der Waals surface area contributed by atoms with E-state index in [2.05, 4.69) is 23.3 Å². The molecule has 1 N–H and O–H groups in total. The molecule has 0 bridgehead atoms. The van der Waals surface area contributed by atoms with Gasteiger partial charge >= 0.3 is 0 Å². The number of hydrogen-bond donors (Lipinski definition) is 1. The number of carbonyl (C=O) groups excluding carboxylic acids is 1. The monoisotopic (exact) mass is 316 g/mol. The Morgan fingerprint density at radius 3 is 3.09 bits per heavy atom. The fourth-order valence-electron chi connectivity index (χ4n) is 2.72. The van der Waals surface area contributed by atoms with Crippen LogP contribution in [0.25, 0.3) is 0 Å². The van der Waals surface area contributed by atoms with Crippen LogP contribution in [0.4, 0.5) is 0 Å². The lowest BCUT2D eigenvalue weighted by Crippen LogP contribution is -2.40. The van der Waals surface area contributed by atoms with E-state index in [1.165, 1.54) is 5.56 Å². The first-order chi connectivity index (χ1) is 10.7. The van der Waals surface area contributed by atoms with E-state index in [0.29, 0.717) is 6.54 Å². The molecule has 1 aliphatic rings. The van der Waals surface area contributed by atoms with Crippen molar-refractivity contribution in [3.8, 4) is 5.75 Å². The maximum Gasteiger partial charge on any atom is 0.261 e. The molecule has 0 saturated carbocycles. The molecule has 0 aliphatic carbocycles. The topological polar surface area (TPSA) is 51.2 Å². The molecule has 0 radical (unpaired) electrons. The summed E-state index contributed by atoms with van der Waals surface area (Å²) in [4.78, 5) is 18.0. The molecule has 22 heavy (non-hydrogen) atoms. The number of benzene rings is 1. The highest BCUT2D eigenvalue weighted by molar-refractivity contribution is 7.11. The summed E-state index contributed by atoms with van der Waals surface area (Å²) in [5.41, 5.74) is 2.26. The highest BCUT2D eigenvalue weighted by Gasteiger charge is 2.25. The molecule has 1 aromatic heterocycles. The third-order valence-electron chi connectivity index (χ3n) is 3.85. The highest BCUT2D eigenvalue weighted by atomic mass is 32.1. The quantitative estimate of drug-likeness (QED) is 0.943. The zero-order chi connectivity index (χ0) is 15.5. The van der Waals surface area contributed by atoms with Crippen molar-refractivity contribution in [2.45, 2.75) is 45.8 Å². The average Bonchev–Trinajstić information content (AvgIpc) is 2.92. The number of amides is 1. The number of nitrogens with one attached hydrogen (secondary N) is 1. The molecule has 0 spiro atoms. The van der Waals surface area contributed by atoms with Crippen LogP contribution >= 0.6 is 11.3 Å². The van der Waals surface area contributed by atoms with Gasteiger partial charge in [0.2, 0.25) is 0 Å². The van der Waals surface area contributed by atoms with Crippen LogP contribution in [-0.4, -0.2) is 17.0 Å². The summed E-state index contributed by atoms with van der Waals surface area (Å²) in [6.07, 6.45) is 2.11. The molecule has 116 valence electrons. The van der Waals surface area contributed by atoms with Gasteiger partial charge in [0.05, 0.1) is 17.2 Å². The van der Waals surface area contributed by atoms with E-state index in [-0.39, 0.29) is 5.91 Å². The maximum atomic E-state index is 12.3. The minimum Gasteiger partial charge on any atom is -0.480 e. The standard InChI is InChI=1S/C17H20N2O2S/c1-3-13-16(22-11(2)19-13)10-18-17(20)15-9-8-12-6-4-5-7-14(12)21-15/h4-7,15H,3,8-10H2,1-2H3,(H,18,20)/t15-/m0/s1. The number of para-hydroxylation sites is 1. The van der Waals surface area contributed by atoms with Crippen molar-refractivity contribution in [1.29, 1.82) is 0 Å². The van der Waals surface area contributed by atoms with Crippen LogP contribution in [0.5, 0.6) is 5.75 Å². The number of fused-ring (bicyclic) bond motifs is 1. The first-order valence-corrected chi connectivity index (χ1v) is 8.46. The van der Waals surface area contributed by atoms with Gasteiger partial charge in [0.25, 0.3) is 5.91 Å². The van der Waals surface area contributed by atoms with E-state index in [4.69, 9.17) is 4.74 Å². The summed E-state index contributed by atoms with van der Waals surface area (Å²) in [6, 6.07) is 7.92. The van der Waals surface area contributed by atoms with Crippen LogP contribution in [-0.2, 0) is 24.2 Å². The van der Waals surface area contributed by atoms with Gasteiger partial charge in [0.15, 0.2) is 6.10 Å². The number of carbonyl (C=O) groups is 1. The number of hydrogen-bond acceptors (Lipinski definition) is 4. The predicted octanol–water partition coefficient (Wildman–Crippen LogP) is 3.02. The molecule has 1 amide bonds. The van der Waals surface area contributed by atoms with Crippen molar-refractivity contribution < 1.29 is 9.53 Å². The van der Waals surface area contributed by atoms with Gasteiger partial charge in [-0.2, -0.15) is 0 Å². The second-order valence-corrected chi connectivity index (χ2v) is 6.71. The first kappa shape index (κ1) is 15.0. The maximum absolute atomic E-state index is 12.3. The molecule has 3 rings (SSSR count). The van der Waals surface area contributed by atoms with E-state index in [0.717, 1.165) is 40.6 Å². The van der Waals surface area contributed by atoms with Gasteiger partial charge < -0.3 is 10.1 Å². The lowest BCUT2D eigenvalue weighted by atomic mass is 10.0. The molecule has 5 heteroatoms. The molecule has 0 saturated heterocycles. The third kappa shape index (κ3) is 3.14. The van der Waals surface area contributed by atoms with Crippen molar-refractivity contribution in [2.24, 2.45) is 0 Å². The van der Waals surface area contributed by atoms with Gasteiger partial charge in [-0.25, -0.2) is 4.98 Å². The second kappa shape index (κ2) is 6.48. The lowest BCUT2D eigenvalue weighted by molar-refractivity contribution is -0.128. The number of rotatable bonds is 4. The van der Waals surface area contributed by atoms with Crippen LogP contribution in [0.3, 0.4) is 0 Å². The summed E-state index contributed by atoms with van der Waals surface area (Å²) in [5.74, 6) is 0.791. The fourth-order valence-corrected chi connectivity index (χ4v) is 3.68. The van der Waals surface area contributed by atoms with Gasteiger partial charge in [-0.3, -0.25) is 4.79 Å². The van der Waals surface area contributed by atoms with E-state index in [1.54, 1.807) is 11.3 Å². The normalized spacial score (nSPS) is 16.7. The Balaban J connectivity index is 1.61. The van der Waals surface area contributed by atoms with Crippen LogP contribution in [0.15, 0.2) is 24.3 Å². The summed E-state index contributed by atoms with van der Waals surface area (Å²) in [7, 11) is 0. The Morgan fingerprint density at radius 1 is 1.45 bits per heavy atom. The van der Waals surface area contributed by atoms with E-state index in [9.17, 15) is 4.79 Å². The Hall–Kier alpha value is -1.88. The van der Waals surface area contributed by atoms with Gasteiger partial charge in [0, 0.05) is 4.88 Å². The minimum absolute atomic E-state index is 0.0393. The molecule has 1 aromatic carbocycles. The van der Waals surface area contributed by atoms with E-state index < -0.39 is 6.10 Å². The summed E-state index contributed by atoms with van der Waals surface area (Å²) < 4.78 is 5.82. The van der Waals surface area contributed by atoms with Gasteiger partial charge in [-0.05, 0) is 37.8 Å². The summed E-state index contributed by atoms with van der Waals surface area (Å²) >= 11 is 1.65. The third-order valence-corrected chi connectivity index (χ3v) is 4.87. The first-order valence-electron chi connectivity index (χ1n) is 7.65. The Kier molecular flexibility index (Phi) is 4.43. The molecule has 2 aromatic rings. The van der Waals surface area contributed by atoms with Crippen molar-refractivity contribution in [2.75, 3.05) is 0 Å². The van der Waals surface area contributed by atoms with Gasteiger partial charge in [-0.1, -0.05) is 25.1 Å². The molecule has 2 heterocycles. The van der Waals surface area contributed by atoms with Crippen molar-refractivity contribution in [3.63, 3.8) is 0 Å². The van der Waals surface area contributed by atoms with E-state index in [1.807, 2.05) is 25.1 Å². The number of ether oxygens (including phenoxy) is 1. The number of thiazole rings is 1. The zero-order valence-corrected chi connectivity index (χ0v) is 13.7. The van der Waals surface area contributed by atoms with Crippen LogP contribution < -0.4 is 10.1 Å². The summed E-state index contributed by atoms with van der Waals surface area (Å²) in [5, 5.41) is 4.04. The average molecular weight is 316 g/mol. The SMILES string of the molecule is CCc1nc(C)sc1CNC(=O)[C@@H]1CCc2ccccc2O1. The van der Waals surface area contributed by atoms with Gasteiger partial charge in [0.1, 0.15) is 5.75 Å². The predicted molar refractivity (Wildman–Crippen MR) is 87.3 cm³/mol. The Labute approximate surface area is 134 Å². The zero-order valence-electron chi connectivity index (χ0n) is 12.9. The Morgan fingerprint density at radius 2 is 2.27 bits per heavy atom. The second-order valence-electron chi connectivity index (χ2n) is 5.43. The summed E-state index contributed by atoms with van der Waals surface area (Å²) in [6.45, 7) is 4.62. The molecule has 4 nitrogen and oxygen atoms in total. The molecule has 0 fully saturated rings. The van der Waals surface area contributed by atoms with Crippen molar-refractivity contribution in [3.05, 3.63) is 45.4 Å². The molecular formula is C17H20N2O2S. The van der Waals surface area contributed by atoms with E-state index >= 15 is 0 Å². The molecular weight excluding hydrogens is 296 g/mol. The van der Waals surface area contributed by atoms with Crippen molar-refractivity contribution >= 4 is 17.2 Å². The largest absolute Gasteiger partial charge is 0.480 e. The highest BCUT2D eigenvalue weighted by Crippen LogP contribution is 2.27. The van der Waals surface area contributed by atoms with Crippen LogP contribution in [0.1, 0.15) is 34.5 Å². The fraction of sp³-hybridized carbons (Fsp3) is 0.412. The van der Waals surface area contributed by atoms with Crippen molar-refractivity contribution in [1.82, 2.24) is 10.3 Å². The number of aromatic nitrogens is 1. The molecule has 1 aliphatic heterocycles. The smallest absolute Gasteiger partial charge is 0.261 e. The number of nitrogens with zero attached hydrogens (tertiary/aromatic N) is 1. The lowest BCUT2D eigenvalue weighted by Gasteiger charge is -2.25. The van der Waals surface area contributed by atoms with Crippen LogP contribution in [0, 0.1) is 6.92 Å². The van der Waals surface area contributed by atoms with Crippen LogP contribution in [0.2, 0.25) is 0 Å². The molecule has 1 atom stereocenters. The minimum atomic E-state index is -0.394.